The van der Waals surface area contributed by atoms with Gasteiger partial charge in [0.1, 0.15) is 5.82 Å². The molecule has 0 bridgehead atoms. The van der Waals surface area contributed by atoms with E-state index in [1.165, 1.54) is 25.7 Å². The fourth-order valence-electron chi connectivity index (χ4n) is 3.96. The number of quaternary nitrogens is 1. The molecule has 1 heterocycles. The molecule has 0 unspecified atom stereocenters. The van der Waals surface area contributed by atoms with E-state index >= 15 is 0 Å². The Morgan fingerprint density at radius 3 is 2.60 bits per heavy atom. The Balaban J connectivity index is 1.58. The summed E-state index contributed by atoms with van der Waals surface area (Å²) in [7, 11) is 0. The second-order valence-corrected chi connectivity index (χ2v) is 6.57. The molecule has 1 aliphatic carbocycles. The Bertz CT molecular complexity index is 440. The summed E-state index contributed by atoms with van der Waals surface area (Å²) >= 11 is 0. The molecule has 0 amide bonds. The molecule has 1 aromatic rings. The van der Waals surface area contributed by atoms with Gasteiger partial charge in [-0.15, -0.1) is 0 Å². The zero-order valence-electron chi connectivity index (χ0n) is 12.4. The smallest absolute Gasteiger partial charge is 0.146 e. The van der Waals surface area contributed by atoms with Crippen LogP contribution in [0.2, 0.25) is 0 Å². The van der Waals surface area contributed by atoms with Gasteiger partial charge in [0.25, 0.3) is 0 Å². The molecule has 1 saturated heterocycles. The summed E-state index contributed by atoms with van der Waals surface area (Å²) in [5.41, 5.74) is 0.781. The minimum Gasteiger partial charge on any atom is -0.358 e. The molecule has 0 aromatic heterocycles. The number of piperazine rings is 1. The van der Waals surface area contributed by atoms with E-state index in [1.54, 1.807) is 17.0 Å². The number of halogens is 1. The molecular weight excluding hydrogens is 251 g/mol. The summed E-state index contributed by atoms with van der Waals surface area (Å²) < 4.78 is 13.8. The Morgan fingerprint density at radius 1 is 1.15 bits per heavy atom. The van der Waals surface area contributed by atoms with Crippen LogP contribution in [0.15, 0.2) is 24.3 Å². The van der Waals surface area contributed by atoms with Gasteiger partial charge >= 0.3 is 0 Å². The van der Waals surface area contributed by atoms with E-state index in [4.69, 9.17) is 0 Å². The van der Waals surface area contributed by atoms with Crippen LogP contribution in [0.4, 0.5) is 10.1 Å². The number of rotatable bonds is 2. The molecule has 1 saturated carbocycles. The summed E-state index contributed by atoms with van der Waals surface area (Å²) in [6.07, 6.45) is 5.58. The monoisotopic (exact) mass is 277 g/mol. The van der Waals surface area contributed by atoms with E-state index in [1.807, 2.05) is 12.1 Å². The number of hydrogen-bond donors (Lipinski definition) is 1. The van der Waals surface area contributed by atoms with E-state index in [9.17, 15) is 4.39 Å². The second kappa shape index (κ2) is 6.13. The summed E-state index contributed by atoms with van der Waals surface area (Å²) in [5, 5.41) is 0. The minimum absolute atomic E-state index is 0.0813. The molecular formula is C17H26FN2+. The fourth-order valence-corrected chi connectivity index (χ4v) is 3.96. The van der Waals surface area contributed by atoms with Crippen LogP contribution < -0.4 is 9.80 Å². The molecule has 0 spiro atoms. The van der Waals surface area contributed by atoms with E-state index in [-0.39, 0.29) is 5.82 Å². The van der Waals surface area contributed by atoms with Crippen LogP contribution in [-0.4, -0.2) is 32.2 Å². The average molecular weight is 277 g/mol. The molecule has 3 heteroatoms. The third-order valence-corrected chi connectivity index (χ3v) is 5.11. The molecule has 1 N–H and O–H groups in total. The van der Waals surface area contributed by atoms with Gasteiger partial charge in [0, 0.05) is 6.42 Å². The fraction of sp³-hybridized carbons (Fsp3) is 0.647. The maximum atomic E-state index is 13.8. The van der Waals surface area contributed by atoms with Gasteiger partial charge in [0.05, 0.1) is 37.9 Å². The van der Waals surface area contributed by atoms with Crippen molar-refractivity contribution in [1.82, 2.24) is 0 Å². The van der Waals surface area contributed by atoms with Crippen molar-refractivity contribution in [1.29, 1.82) is 0 Å². The molecule has 110 valence electrons. The van der Waals surface area contributed by atoms with Gasteiger partial charge < -0.3 is 9.80 Å². The maximum absolute atomic E-state index is 13.8. The van der Waals surface area contributed by atoms with E-state index in [0.29, 0.717) is 0 Å². The number of para-hydroxylation sites is 1. The molecule has 2 aliphatic rings. The van der Waals surface area contributed by atoms with Gasteiger partial charge in [-0.05, 0) is 30.9 Å². The minimum atomic E-state index is -0.0813. The van der Waals surface area contributed by atoms with Crippen molar-refractivity contribution in [3.05, 3.63) is 30.1 Å². The number of nitrogens with one attached hydrogen (secondary N) is 1. The normalized spacial score (nSPS) is 28.6. The molecule has 1 aromatic carbocycles. The predicted molar refractivity (Wildman–Crippen MR) is 80.7 cm³/mol. The summed E-state index contributed by atoms with van der Waals surface area (Å²) in [6, 6.07) is 8.02. The van der Waals surface area contributed by atoms with E-state index in [0.717, 1.165) is 43.8 Å². The quantitative estimate of drug-likeness (QED) is 0.870. The molecule has 0 radical (unpaired) electrons. The van der Waals surface area contributed by atoms with Crippen molar-refractivity contribution >= 4 is 5.69 Å². The third-order valence-electron chi connectivity index (χ3n) is 5.11. The van der Waals surface area contributed by atoms with Crippen molar-refractivity contribution in [2.24, 2.45) is 5.92 Å². The van der Waals surface area contributed by atoms with Crippen molar-refractivity contribution in [2.75, 3.05) is 31.1 Å². The van der Waals surface area contributed by atoms with E-state index in [2.05, 4.69) is 11.8 Å². The molecule has 3 rings (SSSR count). The van der Waals surface area contributed by atoms with Gasteiger partial charge in [-0.3, -0.25) is 0 Å². The van der Waals surface area contributed by atoms with Crippen LogP contribution in [0.25, 0.3) is 0 Å². The highest BCUT2D eigenvalue weighted by Crippen LogP contribution is 2.23. The van der Waals surface area contributed by atoms with Crippen molar-refractivity contribution < 1.29 is 9.29 Å². The van der Waals surface area contributed by atoms with Gasteiger partial charge in [-0.2, -0.15) is 0 Å². The van der Waals surface area contributed by atoms with Crippen molar-refractivity contribution in [2.45, 2.75) is 38.6 Å². The zero-order chi connectivity index (χ0) is 13.9. The molecule has 1 aliphatic heterocycles. The Hall–Kier alpha value is -1.09. The van der Waals surface area contributed by atoms with Gasteiger partial charge in [0.2, 0.25) is 0 Å². The average Bonchev–Trinajstić information content (AvgIpc) is 2.48. The van der Waals surface area contributed by atoms with Gasteiger partial charge in [-0.25, -0.2) is 4.39 Å². The highest BCUT2D eigenvalue weighted by atomic mass is 19.1. The van der Waals surface area contributed by atoms with Crippen LogP contribution in [0.3, 0.4) is 0 Å². The van der Waals surface area contributed by atoms with Crippen LogP contribution in [0, 0.1) is 11.7 Å². The Morgan fingerprint density at radius 2 is 1.90 bits per heavy atom. The summed E-state index contributed by atoms with van der Waals surface area (Å²) in [4.78, 5) is 3.97. The van der Waals surface area contributed by atoms with Gasteiger partial charge in [0.15, 0.2) is 0 Å². The topological polar surface area (TPSA) is 7.68 Å². The molecule has 20 heavy (non-hydrogen) atoms. The Kier molecular flexibility index (Phi) is 4.25. The van der Waals surface area contributed by atoms with Crippen LogP contribution >= 0.6 is 0 Å². The number of benzene rings is 1. The number of nitrogens with zero attached hydrogens (tertiary/aromatic N) is 1. The number of hydrogen-bond acceptors (Lipinski definition) is 1. The SMILES string of the molecule is C[C@@H]1CCC[C@H]([NH+]2CCN(c3ccccc3F)CC2)C1. The zero-order valence-corrected chi connectivity index (χ0v) is 12.4. The van der Waals surface area contributed by atoms with Crippen LogP contribution in [-0.2, 0) is 0 Å². The van der Waals surface area contributed by atoms with Crippen LogP contribution in [0.1, 0.15) is 32.6 Å². The highest BCUT2D eigenvalue weighted by Gasteiger charge is 2.31. The summed E-state index contributed by atoms with van der Waals surface area (Å²) in [6.45, 7) is 6.68. The van der Waals surface area contributed by atoms with Crippen molar-refractivity contribution in [3.63, 3.8) is 0 Å². The van der Waals surface area contributed by atoms with Crippen molar-refractivity contribution in [3.8, 4) is 0 Å². The maximum Gasteiger partial charge on any atom is 0.146 e. The molecule has 2 atom stereocenters. The lowest BCUT2D eigenvalue weighted by atomic mass is 9.86. The molecule has 2 nitrogen and oxygen atoms in total. The molecule has 2 fully saturated rings. The number of anilines is 1. The lowest BCUT2D eigenvalue weighted by Gasteiger charge is -2.40. The first-order valence-electron chi connectivity index (χ1n) is 8.08. The lowest BCUT2D eigenvalue weighted by Crippen LogP contribution is -3.18. The lowest BCUT2D eigenvalue weighted by molar-refractivity contribution is -0.927. The summed E-state index contributed by atoms with van der Waals surface area (Å²) in [5.74, 6) is 0.813. The van der Waals surface area contributed by atoms with Gasteiger partial charge in [-0.1, -0.05) is 25.5 Å². The first-order chi connectivity index (χ1) is 9.74. The Labute approximate surface area is 121 Å². The highest BCUT2D eigenvalue weighted by molar-refractivity contribution is 5.47. The predicted octanol–water partition coefficient (Wildman–Crippen LogP) is 2.11. The second-order valence-electron chi connectivity index (χ2n) is 6.57. The standard InChI is InChI=1S/C17H25FN2/c1-14-5-4-6-15(13-14)19-9-11-20(12-10-19)17-8-3-2-7-16(17)18/h2-3,7-8,14-15H,4-6,9-13H2,1H3/p+1/t14-,15+/m1/s1. The first-order valence-corrected chi connectivity index (χ1v) is 8.08. The first kappa shape index (κ1) is 13.9. The van der Waals surface area contributed by atoms with Crippen LogP contribution in [0.5, 0.6) is 0 Å². The van der Waals surface area contributed by atoms with E-state index < -0.39 is 0 Å². The largest absolute Gasteiger partial charge is 0.358 e. The third kappa shape index (κ3) is 2.98.